The van der Waals surface area contributed by atoms with Crippen LogP contribution in [0.15, 0.2) is 36.5 Å². The molecule has 2 fully saturated rings. The number of amides is 1. The lowest BCUT2D eigenvalue weighted by Gasteiger charge is -2.33. The molecule has 0 aliphatic carbocycles. The van der Waals surface area contributed by atoms with Gasteiger partial charge in [0.1, 0.15) is 0 Å². The third kappa shape index (κ3) is 3.79. The summed E-state index contributed by atoms with van der Waals surface area (Å²) in [6.07, 6.45) is 4.70. The van der Waals surface area contributed by atoms with Crippen LogP contribution < -0.4 is 5.73 Å². The van der Waals surface area contributed by atoms with E-state index in [-0.39, 0.29) is 17.9 Å². The van der Waals surface area contributed by atoms with Crippen LogP contribution in [-0.2, 0) is 0 Å². The molecule has 7 nitrogen and oxygen atoms in total. The van der Waals surface area contributed by atoms with Crippen molar-refractivity contribution in [1.29, 1.82) is 0 Å². The predicted octanol–water partition coefficient (Wildman–Crippen LogP) is 1.40. The Balaban J connectivity index is 1.50. The van der Waals surface area contributed by atoms with Gasteiger partial charge in [-0.15, -0.1) is 0 Å². The first kappa shape index (κ1) is 17.9. The van der Waals surface area contributed by atoms with E-state index in [1.54, 1.807) is 23.2 Å². The number of nitrogens with zero attached hydrogens (tertiary/aromatic N) is 4. The van der Waals surface area contributed by atoms with E-state index in [1.807, 2.05) is 18.2 Å². The molecule has 0 bridgehead atoms. The first-order chi connectivity index (χ1) is 13.1. The lowest BCUT2D eigenvalue weighted by atomic mass is 10.1. The number of rotatable bonds is 3. The zero-order valence-electron chi connectivity index (χ0n) is 15.3. The van der Waals surface area contributed by atoms with Crippen molar-refractivity contribution in [3.05, 3.63) is 42.1 Å². The molecule has 2 saturated heterocycles. The van der Waals surface area contributed by atoms with Gasteiger partial charge in [0.05, 0.1) is 17.8 Å². The molecule has 2 aliphatic heterocycles. The van der Waals surface area contributed by atoms with Gasteiger partial charge in [-0.1, -0.05) is 18.6 Å². The van der Waals surface area contributed by atoms with Crippen molar-refractivity contribution in [1.82, 2.24) is 19.8 Å². The summed E-state index contributed by atoms with van der Waals surface area (Å²) >= 11 is 0. The quantitative estimate of drug-likeness (QED) is 0.851. The number of hydrogen-bond acceptors (Lipinski definition) is 6. The topological polar surface area (TPSA) is 95.6 Å². The lowest BCUT2D eigenvalue weighted by Crippen LogP contribution is -2.46. The summed E-state index contributed by atoms with van der Waals surface area (Å²) in [6.45, 7) is 2.97. The molecule has 4 rings (SSSR count). The molecule has 2 aliphatic rings. The number of likely N-dealkylation sites (tertiary alicyclic amines) is 2. The second-order valence-corrected chi connectivity index (χ2v) is 7.32. The van der Waals surface area contributed by atoms with Crippen molar-refractivity contribution in [2.75, 3.05) is 31.9 Å². The monoisotopic (exact) mass is 367 g/mol. The van der Waals surface area contributed by atoms with E-state index in [2.05, 4.69) is 14.9 Å². The van der Waals surface area contributed by atoms with Gasteiger partial charge in [-0.3, -0.25) is 9.69 Å². The fraction of sp³-hybridized carbons (Fsp3) is 0.450. The molecule has 2 unspecified atom stereocenters. The molecule has 1 amide bonds. The van der Waals surface area contributed by atoms with Gasteiger partial charge in [-0.2, -0.15) is 0 Å². The van der Waals surface area contributed by atoms with E-state index in [0.717, 1.165) is 18.7 Å². The van der Waals surface area contributed by atoms with Crippen LogP contribution in [-0.4, -0.2) is 69.1 Å². The largest absolute Gasteiger partial charge is 0.390 e. The molecule has 142 valence electrons. The van der Waals surface area contributed by atoms with Crippen molar-refractivity contribution < 1.29 is 9.90 Å². The molecular weight excluding hydrogens is 342 g/mol. The zero-order valence-corrected chi connectivity index (χ0v) is 15.3. The van der Waals surface area contributed by atoms with Gasteiger partial charge >= 0.3 is 0 Å². The van der Waals surface area contributed by atoms with Gasteiger partial charge in [0.15, 0.2) is 0 Å². The number of anilines is 1. The molecule has 3 N–H and O–H groups in total. The van der Waals surface area contributed by atoms with Gasteiger partial charge in [0.25, 0.3) is 5.91 Å². The summed E-state index contributed by atoms with van der Waals surface area (Å²) in [5.41, 5.74) is 7.77. The first-order valence-corrected chi connectivity index (χ1v) is 9.52. The van der Waals surface area contributed by atoms with E-state index in [1.165, 1.54) is 19.3 Å². The Morgan fingerprint density at radius 2 is 1.96 bits per heavy atom. The van der Waals surface area contributed by atoms with Crippen LogP contribution in [0.1, 0.15) is 29.6 Å². The van der Waals surface area contributed by atoms with Gasteiger partial charge in [-0.25, -0.2) is 9.97 Å². The van der Waals surface area contributed by atoms with E-state index in [4.69, 9.17) is 5.73 Å². The van der Waals surface area contributed by atoms with Crippen LogP contribution in [0.5, 0.6) is 0 Å². The highest BCUT2D eigenvalue weighted by Gasteiger charge is 2.38. The Hall–Kier alpha value is -2.51. The summed E-state index contributed by atoms with van der Waals surface area (Å²) in [6, 6.07) is 9.18. The summed E-state index contributed by atoms with van der Waals surface area (Å²) in [5.74, 6) is 0.147. The fourth-order valence-electron chi connectivity index (χ4n) is 4.07. The second kappa shape index (κ2) is 7.62. The Bertz CT molecular complexity index is 822. The molecule has 2 aromatic rings. The normalized spacial score (nSPS) is 23.5. The van der Waals surface area contributed by atoms with Crippen molar-refractivity contribution >= 4 is 11.9 Å². The Labute approximate surface area is 158 Å². The Morgan fingerprint density at radius 1 is 1.15 bits per heavy atom. The van der Waals surface area contributed by atoms with E-state index in [9.17, 15) is 9.90 Å². The number of aromatic nitrogens is 2. The molecule has 27 heavy (non-hydrogen) atoms. The highest BCUT2D eigenvalue weighted by atomic mass is 16.3. The van der Waals surface area contributed by atoms with Crippen LogP contribution in [0.25, 0.3) is 11.3 Å². The van der Waals surface area contributed by atoms with E-state index in [0.29, 0.717) is 24.3 Å². The van der Waals surface area contributed by atoms with E-state index >= 15 is 0 Å². The maximum Gasteiger partial charge on any atom is 0.254 e. The molecule has 1 aromatic carbocycles. The summed E-state index contributed by atoms with van der Waals surface area (Å²) in [7, 11) is 0. The Kier molecular flexibility index (Phi) is 5.05. The number of piperidine rings is 1. The minimum atomic E-state index is -0.489. The van der Waals surface area contributed by atoms with Crippen LogP contribution in [0, 0.1) is 0 Å². The molecule has 0 saturated carbocycles. The summed E-state index contributed by atoms with van der Waals surface area (Å²) in [4.78, 5) is 25.2. The SMILES string of the molecule is Nc1nccc(-c2cccc(C(=O)N3CC(O)C(N4CCCCC4)C3)c2)n1. The second-order valence-electron chi connectivity index (χ2n) is 7.32. The number of nitrogen functional groups attached to an aromatic ring is 1. The van der Waals surface area contributed by atoms with Crippen molar-refractivity contribution in [3.63, 3.8) is 0 Å². The molecule has 0 spiro atoms. The molecular formula is C20H25N5O2. The van der Waals surface area contributed by atoms with Crippen molar-refractivity contribution in [3.8, 4) is 11.3 Å². The third-order valence-corrected chi connectivity index (χ3v) is 5.49. The molecule has 7 heteroatoms. The minimum Gasteiger partial charge on any atom is -0.390 e. The number of aliphatic hydroxyl groups excluding tert-OH is 1. The van der Waals surface area contributed by atoms with Crippen molar-refractivity contribution in [2.45, 2.75) is 31.4 Å². The minimum absolute atomic E-state index is 0.0408. The van der Waals surface area contributed by atoms with Crippen LogP contribution in [0.3, 0.4) is 0 Å². The number of carbonyl (C=O) groups excluding carboxylic acids is 1. The number of nitrogens with two attached hydrogens (primary N) is 1. The fourth-order valence-corrected chi connectivity index (χ4v) is 4.07. The predicted molar refractivity (Wildman–Crippen MR) is 103 cm³/mol. The zero-order chi connectivity index (χ0) is 18.8. The molecule has 0 radical (unpaired) electrons. The summed E-state index contributed by atoms with van der Waals surface area (Å²) < 4.78 is 0. The number of β-amino-alcohol motifs (C(OH)–C–C–N with tert-alkyl or cyclic N) is 1. The average Bonchev–Trinajstić information content (AvgIpc) is 3.10. The molecule has 1 aromatic heterocycles. The number of hydrogen-bond donors (Lipinski definition) is 2. The van der Waals surface area contributed by atoms with Crippen LogP contribution in [0.4, 0.5) is 5.95 Å². The van der Waals surface area contributed by atoms with E-state index < -0.39 is 6.10 Å². The highest BCUT2D eigenvalue weighted by Crippen LogP contribution is 2.24. The first-order valence-electron chi connectivity index (χ1n) is 9.52. The Morgan fingerprint density at radius 3 is 2.74 bits per heavy atom. The average molecular weight is 367 g/mol. The lowest BCUT2D eigenvalue weighted by molar-refractivity contribution is 0.0702. The number of aliphatic hydroxyl groups is 1. The highest BCUT2D eigenvalue weighted by molar-refractivity contribution is 5.95. The maximum absolute atomic E-state index is 13.0. The smallest absolute Gasteiger partial charge is 0.254 e. The molecule has 3 heterocycles. The number of benzene rings is 1. The standard InChI is InChI=1S/C20H25N5O2/c21-20-22-8-7-16(23-20)14-5-4-6-15(11-14)19(27)25-12-17(18(26)13-25)24-9-2-1-3-10-24/h4-8,11,17-18,26H,1-3,9-10,12-13H2,(H2,21,22,23). The van der Waals surface area contributed by atoms with Gasteiger partial charge in [0, 0.05) is 30.4 Å². The van der Waals surface area contributed by atoms with Crippen molar-refractivity contribution in [2.24, 2.45) is 0 Å². The van der Waals surface area contributed by atoms with Gasteiger partial charge in [-0.05, 0) is 44.1 Å². The van der Waals surface area contributed by atoms with Gasteiger partial charge < -0.3 is 15.7 Å². The maximum atomic E-state index is 13.0. The summed E-state index contributed by atoms with van der Waals surface area (Å²) in [5, 5.41) is 10.5. The third-order valence-electron chi connectivity index (χ3n) is 5.49. The number of carbonyl (C=O) groups is 1. The molecule has 2 atom stereocenters. The van der Waals surface area contributed by atoms with Gasteiger partial charge in [0.2, 0.25) is 5.95 Å². The van der Waals surface area contributed by atoms with Crippen LogP contribution in [0.2, 0.25) is 0 Å². The van der Waals surface area contributed by atoms with Crippen LogP contribution >= 0.6 is 0 Å².